The lowest BCUT2D eigenvalue weighted by Gasteiger charge is -2.41. The first kappa shape index (κ1) is 17.9. The summed E-state index contributed by atoms with van der Waals surface area (Å²) in [5.74, 6) is 1.00. The van der Waals surface area contributed by atoms with Crippen molar-refractivity contribution >= 4 is 17.7 Å². The first-order chi connectivity index (χ1) is 12.0. The number of rotatable bonds is 4. The molecule has 7 nitrogen and oxygen atoms in total. The molecular formula is C18H29N5O2. The molecule has 0 aliphatic carbocycles. The van der Waals surface area contributed by atoms with Gasteiger partial charge in [-0.3, -0.25) is 4.79 Å². The summed E-state index contributed by atoms with van der Waals surface area (Å²) in [6.45, 7) is 5.77. The number of piperidine rings is 2. The van der Waals surface area contributed by atoms with E-state index < -0.39 is 5.97 Å². The molecule has 0 amide bonds. The average molecular weight is 347 g/mol. The van der Waals surface area contributed by atoms with Crippen LogP contribution >= 0.6 is 0 Å². The van der Waals surface area contributed by atoms with Gasteiger partial charge in [-0.2, -0.15) is 4.98 Å². The van der Waals surface area contributed by atoms with Crippen molar-refractivity contribution < 1.29 is 9.90 Å². The summed E-state index contributed by atoms with van der Waals surface area (Å²) < 4.78 is 0. The van der Waals surface area contributed by atoms with Crippen LogP contribution in [-0.4, -0.2) is 72.3 Å². The Morgan fingerprint density at radius 2 is 1.80 bits per heavy atom. The van der Waals surface area contributed by atoms with Crippen LogP contribution in [0.2, 0.25) is 0 Å². The zero-order chi connectivity index (χ0) is 18.0. The number of carboxylic acid groups (broad SMARTS) is 1. The Labute approximate surface area is 149 Å². The third kappa shape index (κ3) is 4.03. The monoisotopic (exact) mass is 347 g/mol. The number of nitrogens with zero attached hydrogens (tertiary/aromatic N) is 5. The zero-order valence-corrected chi connectivity index (χ0v) is 15.5. The van der Waals surface area contributed by atoms with Gasteiger partial charge in [-0.15, -0.1) is 0 Å². The molecule has 1 aromatic heterocycles. The number of aryl methyl sites for hydroxylation is 1. The average Bonchev–Trinajstić information content (AvgIpc) is 2.62. The summed E-state index contributed by atoms with van der Waals surface area (Å²) in [7, 11) is 4.01. The SMILES string of the molecule is Cc1cnc(N2CCC(N3CCC(C(=O)O)CC3)CC2)nc1N(C)C. The molecule has 2 aliphatic heterocycles. The third-order valence-corrected chi connectivity index (χ3v) is 5.50. The molecule has 138 valence electrons. The van der Waals surface area contributed by atoms with Crippen molar-refractivity contribution in [1.82, 2.24) is 14.9 Å². The summed E-state index contributed by atoms with van der Waals surface area (Å²) in [5, 5.41) is 9.13. The van der Waals surface area contributed by atoms with Crippen LogP contribution in [-0.2, 0) is 4.79 Å². The Morgan fingerprint density at radius 3 is 2.36 bits per heavy atom. The van der Waals surface area contributed by atoms with Crippen molar-refractivity contribution in [3.8, 4) is 0 Å². The van der Waals surface area contributed by atoms with Gasteiger partial charge in [-0.25, -0.2) is 4.98 Å². The molecule has 1 N–H and O–H groups in total. The molecule has 0 radical (unpaired) electrons. The van der Waals surface area contributed by atoms with Gasteiger partial charge in [0.05, 0.1) is 5.92 Å². The Kier molecular flexibility index (Phi) is 5.42. The number of aliphatic carboxylic acids is 1. The van der Waals surface area contributed by atoms with Crippen LogP contribution < -0.4 is 9.80 Å². The van der Waals surface area contributed by atoms with Crippen molar-refractivity contribution in [3.63, 3.8) is 0 Å². The molecular weight excluding hydrogens is 318 g/mol. The molecule has 0 atom stereocenters. The zero-order valence-electron chi connectivity index (χ0n) is 15.5. The van der Waals surface area contributed by atoms with E-state index in [9.17, 15) is 4.79 Å². The van der Waals surface area contributed by atoms with Gasteiger partial charge >= 0.3 is 5.97 Å². The molecule has 0 bridgehead atoms. The molecule has 3 rings (SSSR count). The molecule has 0 spiro atoms. The fraction of sp³-hybridized carbons (Fsp3) is 0.722. The van der Waals surface area contributed by atoms with E-state index in [1.54, 1.807) is 0 Å². The van der Waals surface area contributed by atoms with Crippen LogP contribution in [0.15, 0.2) is 6.20 Å². The highest BCUT2D eigenvalue weighted by Crippen LogP contribution is 2.26. The highest BCUT2D eigenvalue weighted by atomic mass is 16.4. The quantitative estimate of drug-likeness (QED) is 0.887. The number of hydrogen-bond acceptors (Lipinski definition) is 6. The van der Waals surface area contributed by atoms with E-state index in [1.165, 1.54) is 0 Å². The maximum absolute atomic E-state index is 11.1. The van der Waals surface area contributed by atoms with Gasteiger partial charge in [0.2, 0.25) is 5.95 Å². The first-order valence-electron chi connectivity index (χ1n) is 9.18. The minimum absolute atomic E-state index is 0.151. The van der Waals surface area contributed by atoms with Crippen LogP contribution in [0.1, 0.15) is 31.2 Å². The second-order valence-electron chi connectivity index (χ2n) is 7.44. The molecule has 3 heterocycles. The standard InChI is InChI=1S/C18H29N5O2/c1-13-12-19-18(20-16(13)21(2)3)23-10-6-15(7-11-23)22-8-4-14(5-9-22)17(24)25/h12,14-15H,4-11H2,1-3H3,(H,24,25). The van der Waals surface area contributed by atoms with E-state index in [4.69, 9.17) is 10.1 Å². The van der Waals surface area contributed by atoms with Crippen LogP contribution in [0.25, 0.3) is 0 Å². The Hall–Kier alpha value is -1.89. The number of anilines is 2. The van der Waals surface area contributed by atoms with E-state index in [1.807, 2.05) is 32.1 Å². The van der Waals surface area contributed by atoms with Gasteiger partial charge in [-0.05, 0) is 45.7 Å². The summed E-state index contributed by atoms with van der Waals surface area (Å²) in [5.41, 5.74) is 1.09. The molecule has 0 saturated carbocycles. The van der Waals surface area contributed by atoms with E-state index in [0.29, 0.717) is 6.04 Å². The van der Waals surface area contributed by atoms with Crippen molar-refractivity contribution in [2.75, 3.05) is 50.1 Å². The molecule has 0 unspecified atom stereocenters. The van der Waals surface area contributed by atoms with Gasteiger partial charge in [0.15, 0.2) is 0 Å². The normalized spacial score (nSPS) is 20.7. The predicted octanol–water partition coefficient (Wildman–Crippen LogP) is 1.62. The fourth-order valence-electron chi connectivity index (χ4n) is 3.97. The number of likely N-dealkylation sites (tertiary alicyclic amines) is 1. The highest BCUT2D eigenvalue weighted by Gasteiger charge is 2.31. The molecule has 7 heteroatoms. The van der Waals surface area contributed by atoms with E-state index >= 15 is 0 Å². The topological polar surface area (TPSA) is 72.8 Å². The van der Waals surface area contributed by atoms with Crippen molar-refractivity contribution in [2.45, 2.75) is 38.6 Å². The summed E-state index contributed by atoms with van der Waals surface area (Å²) in [4.78, 5) is 27.1. The van der Waals surface area contributed by atoms with Gasteiger partial charge < -0.3 is 19.8 Å². The van der Waals surface area contributed by atoms with Gasteiger partial charge in [-0.1, -0.05) is 0 Å². The Bertz CT molecular complexity index is 605. The molecule has 0 aromatic carbocycles. The lowest BCUT2D eigenvalue weighted by Crippen LogP contribution is -2.48. The Morgan fingerprint density at radius 1 is 1.16 bits per heavy atom. The van der Waals surface area contributed by atoms with Crippen LogP contribution in [0.5, 0.6) is 0 Å². The number of aromatic nitrogens is 2. The molecule has 25 heavy (non-hydrogen) atoms. The largest absolute Gasteiger partial charge is 0.481 e. The van der Waals surface area contributed by atoms with Crippen LogP contribution in [0, 0.1) is 12.8 Å². The molecule has 1 aromatic rings. The van der Waals surface area contributed by atoms with Crippen LogP contribution in [0.4, 0.5) is 11.8 Å². The number of hydrogen-bond donors (Lipinski definition) is 1. The van der Waals surface area contributed by atoms with Crippen molar-refractivity contribution in [3.05, 3.63) is 11.8 Å². The van der Waals surface area contributed by atoms with E-state index in [2.05, 4.69) is 14.8 Å². The van der Waals surface area contributed by atoms with E-state index in [-0.39, 0.29) is 5.92 Å². The molecule has 2 aliphatic rings. The van der Waals surface area contributed by atoms with Gasteiger partial charge in [0.25, 0.3) is 0 Å². The number of carboxylic acids is 1. The Balaban J connectivity index is 1.56. The van der Waals surface area contributed by atoms with Crippen LogP contribution in [0.3, 0.4) is 0 Å². The third-order valence-electron chi connectivity index (χ3n) is 5.50. The van der Waals surface area contributed by atoms with Crippen molar-refractivity contribution in [1.29, 1.82) is 0 Å². The minimum atomic E-state index is -0.636. The van der Waals surface area contributed by atoms with Crippen molar-refractivity contribution in [2.24, 2.45) is 5.92 Å². The van der Waals surface area contributed by atoms with Gasteiger partial charge in [0, 0.05) is 45.0 Å². The van der Waals surface area contributed by atoms with E-state index in [0.717, 1.165) is 69.2 Å². The highest BCUT2D eigenvalue weighted by molar-refractivity contribution is 5.70. The lowest BCUT2D eigenvalue weighted by molar-refractivity contribution is -0.143. The molecule has 2 saturated heterocycles. The minimum Gasteiger partial charge on any atom is -0.481 e. The fourth-order valence-corrected chi connectivity index (χ4v) is 3.97. The maximum Gasteiger partial charge on any atom is 0.306 e. The van der Waals surface area contributed by atoms with Gasteiger partial charge in [0.1, 0.15) is 5.82 Å². The summed E-state index contributed by atoms with van der Waals surface area (Å²) >= 11 is 0. The second-order valence-corrected chi connectivity index (χ2v) is 7.44. The summed E-state index contributed by atoms with van der Waals surface area (Å²) in [6.07, 6.45) is 5.64. The smallest absolute Gasteiger partial charge is 0.306 e. The maximum atomic E-state index is 11.1. The number of carbonyl (C=O) groups is 1. The molecule has 2 fully saturated rings. The summed E-state index contributed by atoms with van der Waals surface area (Å²) in [6, 6.07) is 0.560. The first-order valence-corrected chi connectivity index (χ1v) is 9.18. The predicted molar refractivity (Wildman–Crippen MR) is 98.3 cm³/mol. The second kappa shape index (κ2) is 7.56. The lowest BCUT2D eigenvalue weighted by atomic mass is 9.93.